The van der Waals surface area contributed by atoms with E-state index in [1.54, 1.807) is 26.4 Å². The second-order valence-corrected chi connectivity index (χ2v) is 5.23. The van der Waals surface area contributed by atoms with Crippen molar-refractivity contribution in [3.63, 3.8) is 0 Å². The Labute approximate surface area is 139 Å². The summed E-state index contributed by atoms with van der Waals surface area (Å²) in [6, 6.07) is 9.01. The van der Waals surface area contributed by atoms with Crippen LogP contribution in [0.25, 0.3) is 5.65 Å². The molecular weight excluding hydrogens is 308 g/mol. The smallest absolute Gasteiger partial charge is 0.251 e. The Bertz CT molecular complexity index is 863. The van der Waals surface area contributed by atoms with Crippen molar-refractivity contribution in [2.24, 2.45) is 0 Å². The van der Waals surface area contributed by atoms with Gasteiger partial charge >= 0.3 is 0 Å². The molecule has 0 aliphatic carbocycles. The zero-order valence-electron chi connectivity index (χ0n) is 13.7. The van der Waals surface area contributed by atoms with Crippen LogP contribution in [0.1, 0.15) is 21.7 Å². The predicted octanol–water partition coefficient (Wildman–Crippen LogP) is 1.98. The van der Waals surface area contributed by atoms with Gasteiger partial charge in [0.05, 0.1) is 20.8 Å². The minimum atomic E-state index is -0.237. The molecule has 0 spiro atoms. The largest absolute Gasteiger partial charge is 0.496 e. The molecule has 1 amide bonds. The van der Waals surface area contributed by atoms with E-state index in [1.807, 2.05) is 35.7 Å². The number of hydrogen-bond acceptors (Lipinski definition) is 5. The number of nitrogens with one attached hydrogen (secondary N) is 1. The lowest BCUT2D eigenvalue weighted by molar-refractivity contribution is 0.0949. The molecule has 7 heteroatoms. The fourth-order valence-corrected chi connectivity index (χ4v) is 2.49. The molecular formula is C17H18N4O3. The van der Waals surface area contributed by atoms with Crippen molar-refractivity contribution >= 4 is 11.6 Å². The van der Waals surface area contributed by atoms with Gasteiger partial charge in [0.25, 0.3) is 5.91 Å². The van der Waals surface area contributed by atoms with Gasteiger partial charge in [-0.3, -0.25) is 9.20 Å². The summed E-state index contributed by atoms with van der Waals surface area (Å²) in [7, 11) is 3.12. The van der Waals surface area contributed by atoms with E-state index in [9.17, 15) is 4.79 Å². The standard InChI is InChI=1S/C17H18N4O3/c1-11-13(23-2)8-12(9-14(11)24-3)17(22)18-10-16-20-19-15-6-4-5-7-21(15)16/h4-9H,10H2,1-3H3,(H,18,22). The molecule has 0 saturated heterocycles. The molecule has 24 heavy (non-hydrogen) atoms. The van der Waals surface area contributed by atoms with Crippen LogP contribution >= 0.6 is 0 Å². The Morgan fingerprint density at radius 3 is 2.54 bits per heavy atom. The first-order valence-electron chi connectivity index (χ1n) is 7.43. The fraction of sp³-hybridized carbons (Fsp3) is 0.235. The van der Waals surface area contributed by atoms with E-state index in [-0.39, 0.29) is 12.5 Å². The van der Waals surface area contributed by atoms with Crippen molar-refractivity contribution in [1.82, 2.24) is 19.9 Å². The number of methoxy groups -OCH3 is 2. The highest BCUT2D eigenvalue weighted by atomic mass is 16.5. The van der Waals surface area contributed by atoms with Gasteiger partial charge in [-0.05, 0) is 31.2 Å². The molecule has 2 aromatic heterocycles. The van der Waals surface area contributed by atoms with Gasteiger partial charge in [0, 0.05) is 17.3 Å². The number of amides is 1. The summed E-state index contributed by atoms with van der Waals surface area (Å²) in [5.41, 5.74) is 2.04. The van der Waals surface area contributed by atoms with Crippen LogP contribution in [0.15, 0.2) is 36.5 Å². The highest BCUT2D eigenvalue weighted by molar-refractivity contribution is 5.95. The van der Waals surface area contributed by atoms with Crippen molar-refractivity contribution in [3.8, 4) is 11.5 Å². The molecule has 3 rings (SSSR count). The number of carbonyl (C=O) groups excluding carboxylic acids is 1. The van der Waals surface area contributed by atoms with Crippen molar-refractivity contribution in [2.75, 3.05) is 14.2 Å². The second-order valence-electron chi connectivity index (χ2n) is 5.23. The SMILES string of the molecule is COc1cc(C(=O)NCc2nnc3ccccn23)cc(OC)c1C. The Kier molecular flexibility index (Phi) is 4.33. The Hall–Kier alpha value is -3.09. The molecule has 0 bridgehead atoms. The summed E-state index contributed by atoms with van der Waals surface area (Å²) in [6.45, 7) is 2.14. The molecule has 1 aromatic carbocycles. The predicted molar refractivity (Wildman–Crippen MR) is 88.4 cm³/mol. The van der Waals surface area contributed by atoms with Gasteiger partial charge < -0.3 is 14.8 Å². The number of nitrogens with zero attached hydrogens (tertiary/aromatic N) is 3. The van der Waals surface area contributed by atoms with Crippen LogP contribution in [-0.2, 0) is 6.54 Å². The first kappa shape index (κ1) is 15.8. The molecule has 0 radical (unpaired) electrons. The number of carbonyl (C=O) groups is 1. The van der Waals surface area contributed by atoms with E-state index < -0.39 is 0 Å². The van der Waals surface area contributed by atoms with E-state index in [0.29, 0.717) is 22.9 Å². The lowest BCUT2D eigenvalue weighted by Gasteiger charge is -2.12. The number of rotatable bonds is 5. The summed E-state index contributed by atoms with van der Waals surface area (Å²) in [5, 5.41) is 11.0. The third kappa shape index (κ3) is 2.88. The maximum absolute atomic E-state index is 12.4. The molecule has 124 valence electrons. The van der Waals surface area contributed by atoms with Crippen LogP contribution < -0.4 is 14.8 Å². The number of ether oxygens (including phenoxy) is 2. The summed E-state index contributed by atoms with van der Waals surface area (Å²) < 4.78 is 12.4. The molecule has 0 aliphatic heterocycles. The normalized spacial score (nSPS) is 10.6. The molecule has 0 atom stereocenters. The van der Waals surface area contributed by atoms with Crippen molar-refractivity contribution in [2.45, 2.75) is 13.5 Å². The number of benzene rings is 1. The summed E-state index contributed by atoms with van der Waals surface area (Å²) in [6.07, 6.45) is 1.86. The Balaban J connectivity index is 1.80. The molecule has 3 aromatic rings. The molecule has 2 heterocycles. The van der Waals surface area contributed by atoms with Crippen molar-refractivity contribution in [3.05, 3.63) is 53.5 Å². The number of pyridine rings is 1. The van der Waals surface area contributed by atoms with E-state index in [4.69, 9.17) is 9.47 Å². The van der Waals surface area contributed by atoms with Crippen LogP contribution in [0.5, 0.6) is 11.5 Å². The molecule has 0 aliphatic rings. The average Bonchev–Trinajstić information content (AvgIpc) is 3.03. The van der Waals surface area contributed by atoms with E-state index in [0.717, 1.165) is 11.2 Å². The molecule has 1 N–H and O–H groups in total. The molecule has 0 saturated carbocycles. The van der Waals surface area contributed by atoms with E-state index >= 15 is 0 Å². The first-order chi connectivity index (χ1) is 11.6. The minimum absolute atomic E-state index is 0.237. The number of fused-ring (bicyclic) bond motifs is 1. The van der Waals surface area contributed by atoms with Crippen LogP contribution in [0.4, 0.5) is 0 Å². The van der Waals surface area contributed by atoms with E-state index in [2.05, 4.69) is 15.5 Å². The van der Waals surface area contributed by atoms with Gasteiger partial charge in [-0.15, -0.1) is 10.2 Å². The van der Waals surface area contributed by atoms with E-state index in [1.165, 1.54) is 0 Å². The highest BCUT2D eigenvalue weighted by Gasteiger charge is 2.14. The monoisotopic (exact) mass is 326 g/mol. The van der Waals surface area contributed by atoms with Gasteiger partial charge in [0.1, 0.15) is 11.5 Å². The quantitative estimate of drug-likeness (QED) is 0.776. The fourth-order valence-electron chi connectivity index (χ4n) is 2.49. The Morgan fingerprint density at radius 1 is 1.17 bits per heavy atom. The minimum Gasteiger partial charge on any atom is -0.496 e. The van der Waals surface area contributed by atoms with Gasteiger partial charge in [-0.2, -0.15) is 0 Å². The maximum Gasteiger partial charge on any atom is 0.251 e. The molecule has 0 unspecified atom stereocenters. The highest BCUT2D eigenvalue weighted by Crippen LogP contribution is 2.29. The third-order valence-electron chi connectivity index (χ3n) is 3.81. The zero-order chi connectivity index (χ0) is 17.1. The van der Waals surface area contributed by atoms with Crippen LogP contribution in [0.2, 0.25) is 0 Å². The van der Waals surface area contributed by atoms with Crippen LogP contribution in [0.3, 0.4) is 0 Å². The number of hydrogen-bond donors (Lipinski definition) is 1. The lowest BCUT2D eigenvalue weighted by Crippen LogP contribution is -2.24. The van der Waals surface area contributed by atoms with Crippen molar-refractivity contribution < 1.29 is 14.3 Å². The number of aromatic nitrogens is 3. The zero-order valence-corrected chi connectivity index (χ0v) is 13.7. The summed E-state index contributed by atoms with van der Waals surface area (Å²) in [5.74, 6) is 1.63. The third-order valence-corrected chi connectivity index (χ3v) is 3.81. The average molecular weight is 326 g/mol. The van der Waals surface area contributed by atoms with Gasteiger partial charge in [-0.25, -0.2) is 0 Å². The molecule has 0 fully saturated rings. The van der Waals surface area contributed by atoms with Gasteiger partial charge in [-0.1, -0.05) is 6.07 Å². The van der Waals surface area contributed by atoms with Crippen LogP contribution in [0, 0.1) is 6.92 Å². The summed E-state index contributed by atoms with van der Waals surface area (Å²) in [4.78, 5) is 12.4. The van der Waals surface area contributed by atoms with Crippen molar-refractivity contribution in [1.29, 1.82) is 0 Å². The van der Waals surface area contributed by atoms with Crippen LogP contribution in [-0.4, -0.2) is 34.7 Å². The lowest BCUT2D eigenvalue weighted by atomic mass is 10.1. The van der Waals surface area contributed by atoms with Gasteiger partial charge in [0.15, 0.2) is 11.5 Å². The molecule has 7 nitrogen and oxygen atoms in total. The topological polar surface area (TPSA) is 77.8 Å². The maximum atomic E-state index is 12.4. The summed E-state index contributed by atoms with van der Waals surface area (Å²) >= 11 is 0. The first-order valence-corrected chi connectivity index (χ1v) is 7.43. The Morgan fingerprint density at radius 2 is 1.88 bits per heavy atom. The van der Waals surface area contributed by atoms with Gasteiger partial charge in [0.2, 0.25) is 0 Å². The second kappa shape index (κ2) is 6.57.